The van der Waals surface area contributed by atoms with Gasteiger partial charge >= 0.3 is 0 Å². The summed E-state index contributed by atoms with van der Waals surface area (Å²) in [7, 11) is 4.27. The standard InChI is InChI=1S/C15H27N5/c1-4-17-14-11-15(13-16-12-14)20-9-7-19(8-10-20)6-5-18(2)3/h11-13,17H,4-10H2,1-3H3. The molecule has 0 aliphatic carbocycles. The van der Waals surface area contributed by atoms with Crippen molar-refractivity contribution in [1.29, 1.82) is 0 Å². The minimum Gasteiger partial charge on any atom is -0.384 e. The van der Waals surface area contributed by atoms with Gasteiger partial charge in [-0.1, -0.05) is 0 Å². The van der Waals surface area contributed by atoms with Gasteiger partial charge in [0.15, 0.2) is 0 Å². The van der Waals surface area contributed by atoms with E-state index in [0.717, 1.165) is 51.5 Å². The van der Waals surface area contributed by atoms with Gasteiger partial charge in [-0.05, 0) is 27.1 Å². The largest absolute Gasteiger partial charge is 0.384 e. The maximum atomic E-state index is 4.33. The average Bonchev–Trinajstić information content (AvgIpc) is 2.46. The molecule has 0 unspecified atom stereocenters. The number of piperazine rings is 1. The number of rotatable bonds is 6. The molecule has 5 nitrogen and oxygen atoms in total. The Balaban J connectivity index is 1.85. The first-order valence-corrected chi connectivity index (χ1v) is 7.50. The van der Waals surface area contributed by atoms with Gasteiger partial charge in [0.25, 0.3) is 0 Å². The predicted molar refractivity (Wildman–Crippen MR) is 85.6 cm³/mol. The third-order valence-corrected chi connectivity index (χ3v) is 3.71. The van der Waals surface area contributed by atoms with Crippen LogP contribution in [0.25, 0.3) is 0 Å². The molecule has 2 heterocycles. The van der Waals surface area contributed by atoms with Gasteiger partial charge in [-0.2, -0.15) is 0 Å². The molecule has 20 heavy (non-hydrogen) atoms. The van der Waals surface area contributed by atoms with Crippen molar-refractivity contribution in [3.8, 4) is 0 Å². The summed E-state index contributed by atoms with van der Waals surface area (Å²) in [6.07, 6.45) is 3.86. The number of nitrogens with one attached hydrogen (secondary N) is 1. The predicted octanol–water partition coefficient (Wildman–Crippen LogP) is 1.20. The second-order valence-electron chi connectivity index (χ2n) is 5.59. The zero-order valence-corrected chi connectivity index (χ0v) is 13.0. The summed E-state index contributed by atoms with van der Waals surface area (Å²) < 4.78 is 0. The highest BCUT2D eigenvalue weighted by Gasteiger charge is 2.17. The van der Waals surface area contributed by atoms with Gasteiger partial charge in [0.2, 0.25) is 0 Å². The van der Waals surface area contributed by atoms with Crippen LogP contribution in [0.1, 0.15) is 6.92 Å². The van der Waals surface area contributed by atoms with Crippen LogP contribution < -0.4 is 10.2 Å². The topological polar surface area (TPSA) is 34.6 Å². The van der Waals surface area contributed by atoms with Crippen LogP contribution in [0.15, 0.2) is 18.5 Å². The van der Waals surface area contributed by atoms with Gasteiger partial charge in [-0.3, -0.25) is 9.88 Å². The minimum absolute atomic E-state index is 0.934. The molecule has 1 aromatic rings. The third-order valence-electron chi connectivity index (χ3n) is 3.71. The first-order chi connectivity index (χ1) is 9.69. The monoisotopic (exact) mass is 277 g/mol. The SMILES string of the molecule is CCNc1cncc(N2CCN(CCN(C)C)CC2)c1. The highest BCUT2D eigenvalue weighted by molar-refractivity contribution is 5.55. The molecule has 112 valence electrons. The maximum absolute atomic E-state index is 4.33. The molecule has 0 amide bonds. The van der Waals surface area contributed by atoms with Crippen molar-refractivity contribution in [2.45, 2.75) is 6.92 Å². The molecule has 1 aliphatic rings. The first-order valence-electron chi connectivity index (χ1n) is 7.50. The van der Waals surface area contributed by atoms with E-state index in [1.165, 1.54) is 5.69 Å². The zero-order valence-electron chi connectivity index (χ0n) is 13.0. The average molecular weight is 277 g/mol. The Morgan fingerprint density at radius 2 is 1.95 bits per heavy atom. The van der Waals surface area contributed by atoms with Crippen LogP contribution in [0, 0.1) is 0 Å². The fourth-order valence-electron chi connectivity index (χ4n) is 2.47. The van der Waals surface area contributed by atoms with Gasteiger partial charge in [-0.25, -0.2) is 0 Å². The van der Waals surface area contributed by atoms with Crippen molar-refractivity contribution in [3.63, 3.8) is 0 Å². The van der Waals surface area contributed by atoms with Crippen LogP contribution in [0.2, 0.25) is 0 Å². The van der Waals surface area contributed by atoms with Crippen molar-refractivity contribution in [1.82, 2.24) is 14.8 Å². The molecule has 1 saturated heterocycles. The molecule has 0 radical (unpaired) electrons. The van der Waals surface area contributed by atoms with Crippen LogP contribution in [0.5, 0.6) is 0 Å². The van der Waals surface area contributed by atoms with Crippen molar-refractivity contribution < 1.29 is 0 Å². The number of nitrogens with zero attached hydrogens (tertiary/aromatic N) is 4. The van der Waals surface area contributed by atoms with Gasteiger partial charge in [0.1, 0.15) is 0 Å². The van der Waals surface area contributed by atoms with E-state index in [1.54, 1.807) is 0 Å². The molecule has 1 N–H and O–H groups in total. The van der Waals surface area contributed by atoms with Crippen LogP contribution in [-0.2, 0) is 0 Å². The molecular formula is C15H27N5. The Morgan fingerprint density at radius 3 is 2.60 bits per heavy atom. The fourth-order valence-corrected chi connectivity index (χ4v) is 2.47. The van der Waals surface area contributed by atoms with E-state index in [-0.39, 0.29) is 0 Å². The van der Waals surface area contributed by atoms with Gasteiger partial charge < -0.3 is 15.1 Å². The van der Waals surface area contributed by atoms with Crippen molar-refractivity contribution in [2.24, 2.45) is 0 Å². The van der Waals surface area contributed by atoms with E-state index >= 15 is 0 Å². The smallest absolute Gasteiger partial charge is 0.0574 e. The first kappa shape index (κ1) is 15.1. The second kappa shape index (κ2) is 7.45. The normalized spacial score (nSPS) is 16.7. The number of anilines is 2. The van der Waals surface area contributed by atoms with E-state index < -0.39 is 0 Å². The molecule has 0 bridgehead atoms. The lowest BCUT2D eigenvalue weighted by molar-refractivity contribution is 0.229. The Labute approximate surface area is 122 Å². The molecule has 0 spiro atoms. The lowest BCUT2D eigenvalue weighted by Crippen LogP contribution is -2.48. The van der Waals surface area contributed by atoms with Gasteiger partial charge in [0, 0.05) is 45.8 Å². The zero-order chi connectivity index (χ0) is 14.4. The Bertz CT molecular complexity index is 399. The highest BCUT2D eigenvalue weighted by Crippen LogP contribution is 2.19. The van der Waals surface area contributed by atoms with E-state index in [1.807, 2.05) is 12.4 Å². The number of likely N-dealkylation sites (N-methyl/N-ethyl adjacent to an activating group) is 1. The van der Waals surface area contributed by atoms with Crippen molar-refractivity contribution >= 4 is 11.4 Å². The van der Waals surface area contributed by atoms with Crippen LogP contribution in [-0.4, -0.2) is 74.7 Å². The summed E-state index contributed by atoms with van der Waals surface area (Å²) in [6.45, 7) is 9.79. The van der Waals surface area contributed by atoms with E-state index in [2.05, 4.69) is 52.1 Å². The molecule has 1 fully saturated rings. The Morgan fingerprint density at radius 1 is 1.20 bits per heavy atom. The van der Waals surface area contributed by atoms with E-state index in [9.17, 15) is 0 Å². The molecule has 1 aliphatic heterocycles. The van der Waals surface area contributed by atoms with Gasteiger partial charge in [0.05, 0.1) is 23.8 Å². The summed E-state index contributed by atoms with van der Waals surface area (Å²) in [4.78, 5) is 11.5. The lowest BCUT2D eigenvalue weighted by Gasteiger charge is -2.36. The number of hydrogen-bond donors (Lipinski definition) is 1. The Kier molecular flexibility index (Phi) is 5.61. The highest BCUT2D eigenvalue weighted by atomic mass is 15.3. The van der Waals surface area contributed by atoms with E-state index in [4.69, 9.17) is 0 Å². The molecule has 0 aromatic carbocycles. The van der Waals surface area contributed by atoms with Crippen molar-refractivity contribution in [3.05, 3.63) is 18.5 Å². The van der Waals surface area contributed by atoms with Crippen molar-refractivity contribution in [2.75, 3.05) is 70.1 Å². The molecule has 1 aromatic heterocycles. The third kappa shape index (κ3) is 4.35. The molecular weight excluding hydrogens is 250 g/mol. The number of pyridine rings is 1. The number of aromatic nitrogens is 1. The molecule has 0 atom stereocenters. The summed E-state index contributed by atoms with van der Waals surface area (Å²) >= 11 is 0. The molecule has 0 saturated carbocycles. The summed E-state index contributed by atoms with van der Waals surface area (Å²) in [5.74, 6) is 0. The quantitative estimate of drug-likeness (QED) is 0.845. The Hall–Kier alpha value is -1.33. The molecule has 2 rings (SSSR count). The van der Waals surface area contributed by atoms with Crippen LogP contribution in [0.3, 0.4) is 0 Å². The summed E-state index contributed by atoms with van der Waals surface area (Å²) in [6, 6.07) is 2.20. The fraction of sp³-hybridized carbons (Fsp3) is 0.667. The summed E-state index contributed by atoms with van der Waals surface area (Å²) in [5.41, 5.74) is 2.34. The molecule has 5 heteroatoms. The van der Waals surface area contributed by atoms with Crippen LogP contribution >= 0.6 is 0 Å². The lowest BCUT2D eigenvalue weighted by atomic mass is 10.2. The number of hydrogen-bond acceptors (Lipinski definition) is 5. The van der Waals surface area contributed by atoms with Crippen LogP contribution in [0.4, 0.5) is 11.4 Å². The van der Waals surface area contributed by atoms with Gasteiger partial charge in [-0.15, -0.1) is 0 Å². The summed E-state index contributed by atoms with van der Waals surface area (Å²) in [5, 5.41) is 3.32. The maximum Gasteiger partial charge on any atom is 0.0574 e. The minimum atomic E-state index is 0.934. The van der Waals surface area contributed by atoms with E-state index in [0.29, 0.717) is 0 Å². The second-order valence-corrected chi connectivity index (χ2v) is 5.59.